The number of hydrogen-bond donors (Lipinski definition) is 2. The Kier molecular flexibility index (Phi) is 6.41. The molecule has 1 amide bonds. The first-order valence-electron chi connectivity index (χ1n) is 9.27. The van der Waals surface area contributed by atoms with E-state index in [0.29, 0.717) is 22.0 Å². The molecule has 0 radical (unpaired) electrons. The Labute approximate surface area is 166 Å². The van der Waals surface area contributed by atoms with Gasteiger partial charge >= 0.3 is 5.97 Å². The summed E-state index contributed by atoms with van der Waals surface area (Å²) in [5.41, 5.74) is 1.71. The van der Waals surface area contributed by atoms with Crippen molar-refractivity contribution in [3.05, 3.63) is 51.9 Å². The summed E-state index contributed by atoms with van der Waals surface area (Å²) in [5.74, 6) is -1.65. The molecular formula is C20H23F2N2O3S+. The fourth-order valence-electron chi connectivity index (χ4n) is 3.03. The molecule has 0 bridgehead atoms. The van der Waals surface area contributed by atoms with E-state index in [2.05, 4.69) is 5.32 Å². The molecule has 1 heterocycles. The third-order valence-corrected chi connectivity index (χ3v) is 5.59. The highest BCUT2D eigenvalue weighted by atomic mass is 32.1. The second kappa shape index (κ2) is 8.79. The maximum atomic E-state index is 13.9. The van der Waals surface area contributed by atoms with Gasteiger partial charge in [0.2, 0.25) is 0 Å². The highest BCUT2D eigenvalue weighted by Crippen LogP contribution is 2.46. The molecule has 3 rings (SSSR count). The van der Waals surface area contributed by atoms with E-state index in [1.165, 1.54) is 23.5 Å². The summed E-state index contributed by atoms with van der Waals surface area (Å²) in [6.07, 6.45) is 2.07. The lowest BCUT2D eigenvalue weighted by atomic mass is 10.1. The second-order valence-electron chi connectivity index (χ2n) is 6.83. The van der Waals surface area contributed by atoms with Crippen LogP contribution < -0.4 is 10.6 Å². The molecule has 28 heavy (non-hydrogen) atoms. The van der Waals surface area contributed by atoms with Crippen LogP contribution in [-0.4, -0.2) is 25.0 Å². The first kappa shape index (κ1) is 20.4. The lowest BCUT2D eigenvalue weighted by Crippen LogP contribution is -2.86. The molecular weight excluding hydrogens is 386 g/mol. The number of carbonyl (C=O) groups excluding carboxylic acids is 2. The van der Waals surface area contributed by atoms with Gasteiger partial charge < -0.3 is 15.4 Å². The van der Waals surface area contributed by atoms with Crippen molar-refractivity contribution in [3.63, 3.8) is 0 Å². The van der Waals surface area contributed by atoms with Crippen LogP contribution in [0, 0.1) is 11.6 Å². The van der Waals surface area contributed by atoms with Crippen LogP contribution in [0.5, 0.6) is 0 Å². The van der Waals surface area contributed by atoms with Crippen molar-refractivity contribution in [1.82, 2.24) is 0 Å². The van der Waals surface area contributed by atoms with Gasteiger partial charge in [0.05, 0.1) is 12.2 Å². The average molecular weight is 409 g/mol. The van der Waals surface area contributed by atoms with Gasteiger partial charge in [0.15, 0.2) is 6.54 Å². The number of anilines is 1. The van der Waals surface area contributed by atoms with Crippen LogP contribution >= 0.6 is 11.3 Å². The highest BCUT2D eigenvalue weighted by molar-refractivity contribution is 7.15. The van der Waals surface area contributed by atoms with Gasteiger partial charge in [-0.3, -0.25) is 4.79 Å². The fraction of sp³-hybridized carbons (Fsp3) is 0.400. The summed E-state index contributed by atoms with van der Waals surface area (Å²) in [6, 6.07) is 3.04. The topological polar surface area (TPSA) is 72.0 Å². The molecule has 0 saturated heterocycles. The SMILES string of the molecule is CCOC(=O)c1c(C2CC2)csc1NC(=O)C[NH2+][C@@H](C)c1ccc(F)cc1F. The van der Waals surface area contributed by atoms with Crippen molar-refractivity contribution >= 4 is 28.2 Å². The van der Waals surface area contributed by atoms with E-state index in [1.54, 1.807) is 19.2 Å². The van der Waals surface area contributed by atoms with Crippen LogP contribution in [0.2, 0.25) is 0 Å². The van der Waals surface area contributed by atoms with Gasteiger partial charge in [-0.25, -0.2) is 13.6 Å². The first-order chi connectivity index (χ1) is 13.4. The lowest BCUT2D eigenvalue weighted by molar-refractivity contribution is -0.682. The molecule has 1 aliphatic carbocycles. The zero-order chi connectivity index (χ0) is 20.3. The Morgan fingerprint density at radius 1 is 1.36 bits per heavy atom. The van der Waals surface area contributed by atoms with E-state index in [-0.39, 0.29) is 25.1 Å². The largest absolute Gasteiger partial charge is 0.462 e. The predicted molar refractivity (Wildman–Crippen MR) is 102 cm³/mol. The van der Waals surface area contributed by atoms with Crippen LogP contribution in [0.4, 0.5) is 13.8 Å². The van der Waals surface area contributed by atoms with Gasteiger partial charge in [-0.2, -0.15) is 0 Å². The molecule has 5 nitrogen and oxygen atoms in total. The summed E-state index contributed by atoms with van der Waals surface area (Å²) in [6.45, 7) is 3.78. The summed E-state index contributed by atoms with van der Waals surface area (Å²) in [7, 11) is 0. The number of carbonyl (C=O) groups is 2. The van der Waals surface area contributed by atoms with Crippen molar-refractivity contribution in [2.24, 2.45) is 0 Å². The third kappa shape index (κ3) is 4.74. The quantitative estimate of drug-likeness (QED) is 0.657. The third-order valence-electron chi connectivity index (χ3n) is 4.68. The van der Waals surface area contributed by atoms with E-state index < -0.39 is 17.6 Å². The van der Waals surface area contributed by atoms with Gasteiger partial charge in [-0.15, -0.1) is 11.3 Å². The maximum Gasteiger partial charge on any atom is 0.341 e. The van der Waals surface area contributed by atoms with Crippen molar-refractivity contribution in [2.45, 2.75) is 38.6 Å². The van der Waals surface area contributed by atoms with E-state index in [0.717, 1.165) is 24.5 Å². The lowest BCUT2D eigenvalue weighted by Gasteiger charge is -2.12. The minimum atomic E-state index is -0.638. The number of benzene rings is 1. The monoisotopic (exact) mass is 409 g/mol. The standard InChI is InChI=1S/C20H22F2N2O3S/c1-3-27-20(26)18-15(12-4-5-12)10-28-19(18)24-17(25)9-23-11(2)14-7-6-13(21)8-16(14)22/h6-8,10-12,23H,3-5,9H2,1-2H3,(H,24,25)/p+1/t11-/m0/s1. The molecule has 1 fully saturated rings. The zero-order valence-corrected chi connectivity index (χ0v) is 16.6. The summed E-state index contributed by atoms with van der Waals surface area (Å²) >= 11 is 1.31. The Hall–Kier alpha value is -2.32. The molecule has 1 atom stereocenters. The minimum Gasteiger partial charge on any atom is -0.462 e. The molecule has 0 spiro atoms. The Morgan fingerprint density at radius 3 is 2.75 bits per heavy atom. The van der Waals surface area contributed by atoms with Crippen molar-refractivity contribution < 1.29 is 28.4 Å². The normalized spacial score (nSPS) is 14.6. The number of thiophene rings is 1. The van der Waals surface area contributed by atoms with Gasteiger partial charge in [0, 0.05) is 11.6 Å². The van der Waals surface area contributed by atoms with Crippen molar-refractivity contribution in [2.75, 3.05) is 18.5 Å². The average Bonchev–Trinajstić information content (AvgIpc) is 3.40. The Morgan fingerprint density at radius 2 is 2.11 bits per heavy atom. The van der Waals surface area contributed by atoms with E-state index in [4.69, 9.17) is 4.74 Å². The number of hydrogen-bond acceptors (Lipinski definition) is 4. The molecule has 3 N–H and O–H groups in total. The Balaban J connectivity index is 1.64. The van der Waals surface area contributed by atoms with Crippen molar-refractivity contribution in [3.8, 4) is 0 Å². The predicted octanol–water partition coefficient (Wildman–Crippen LogP) is 3.34. The maximum absolute atomic E-state index is 13.9. The summed E-state index contributed by atoms with van der Waals surface area (Å²) in [5, 5.41) is 6.82. The molecule has 1 aromatic heterocycles. The number of rotatable bonds is 8. The first-order valence-corrected chi connectivity index (χ1v) is 10.1. The van der Waals surface area contributed by atoms with E-state index in [1.807, 2.05) is 5.38 Å². The molecule has 0 aliphatic heterocycles. The molecule has 8 heteroatoms. The molecule has 1 aliphatic rings. The summed E-state index contributed by atoms with van der Waals surface area (Å²) < 4.78 is 32.0. The molecule has 2 aromatic rings. The molecule has 150 valence electrons. The minimum absolute atomic E-state index is 0.0386. The number of amides is 1. The summed E-state index contributed by atoms with van der Waals surface area (Å²) in [4.78, 5) is 24.7. The highest BCUT2D eigenvalue weighted by Gasteiger charge is 2.32. The van der Waals surface area contributed by atoms with Crippen LogP contribution in [0.1, 0.15) is 60.1 Å². The number of quaternary nitrogens is 1. The van der Waals surface area contributed by atoms with Gasteiger partial charge in [0.25, 0.3) is 5.91 Å². The molecule has 0 unspecified atom stereocenters. The number of nitrogens with two attached hydrogens (primary N) is 1. The van der Waals surface area contributed by atoms with Crippen LogP contribution in [-0.2, 0) is 9.53 Å². The smallest absolute Gasteiger partial charge is 0.341 e. The van der Waals surface area contributed by atoms with Gasteiger partial charge in [-0.05, 0) is 55.7 Å². The number of ether oxygens (including phenoxy) is 1. The molecule has 1 aromatic carbocycles. The van der Waals surface area contributed by atoms with E-state index in [9.17, 15) is 18.4 Å². The van der Waals surface area contributed by atoms with Crippen LogP contribution in [0.25, 0.3) is 0 Å². The van der Waals surface area contributed by atoms with Gasteiger partial charge in [-0.1, -0.05) is 0 Å². The Bertz CT molecular complexity index is 880. The fourth-order valence-corrected chi connectivity index (χ4v) is 4.08. The van der Waals surface area contributed by atoms with Gasteiger partial charge in [0.1, 0.15) is 22.7 Å². The van der Waals surface area contributed by atoms with Crippen molar-refractivity contribution in [1.29, 1.82) is 0 Å². The zero-order valence-electron chi connectivity index (χ0n) is 15.8. The molecule has 1 saturated carbocycles. The number of nitrogens with one attached hydrogen (secondary N) is 1. The van der Waals surface area contributed by atoms with Crippen LogP contribution in [0.15, 0.2) is 23.6 Å². The number of halogens is 2. The van der Waals surface area contributed by atoms with Crippen LogP contribution in [0.3, 0.4) is 0 Å². The second-order valence-corrected chi connectivity index (χ2v) is 7.71. The van der Waals surface area contributed by atoms with E-state index >= 15 is 0 Å². The number of esters is 1.